The molecule has 1 saturated heterocycles. The highest BCUT2D eigenvalue weighted by atomic mass is 32.1. The monoisotopic (exact) mass is 440 g/mol. The molecule has 0 saturated carbocycles. The number of nitrogens with one attached hydrogen (secondary N) is 1. The van der Waals surface area contributed by atoms with E-state index in [1.807, 2.05) is 29.9 Å². The van der Waals surface area contributed by atoms with Gasteiger partial charge < -0.3 is 15.1 Å². The molecule has 1 N–H and O–H groups in total. The zero-order valence-electron chi connectivity index (χ0n) is 17.9. The number of aryl methyl sites for hydroxylation is 1. The average Bonchev–Trinajstić information content (AvgIpc) is 3.41. The van der Waals surface area contributed by atoms with Crippen molar-refractivity contribution in [2.24, 2.45) is 0 Å². The van der Waals surface area contributed by atoms with Gasteiger partial charge in [0, 0.05) is 35.7 Å². The highest BCUT2D eigenvalue weighted by Crippen LogP contribution is 2.41. The Morgan fingerprint density at radius 3 is 2.70 bits per heavy atom. The highest BCUT2D eigenvalue weighted by molar-refractivity contribution is 7.80. The summed E-state index contributed by atoms with van der Waals surface area (Å²) in [5, 5.41) is 7.37. The number of thiazole rings is 1. The molecule has 0 aromatic carbocycles. The van der Waals surface area contributed by atoms with Crippen LogP contribution >= 0.6 is 23.6 Å². The van der Waals surface area contributed by atoms with Gasteiger partial charge in [0.2, 0.25) is 0 Å². The molecule has 3 aromatic rings. The molecular weight excluding hydrogens is 412 g/mol. The van der Waals surface area contributed by atoms with Crippen LogP contribution in [0.1, 0.15) is 41.1 Å². The number of hydrogen-bond donors (Lipinski definition) is 1. The van der Waals surface area contributed by atoms with Crippen LogP contribution in [0.3, 0.4) is 0 Å². The standard InChI is InChI=1S/C22H28N6S2/c1-15-14-17(16(2)28(15)22-24-10-13-30-22)20-19(18-8-5-6-9-23-18)25-21(29)27(20)12-7-11-26(3)4/h5-6,8-10,13-14,19-20H,7,11-12H2,1-4H3,(H,25,29)/t19-,20-/m0/s1. The Morgan fingerprint density at radius 1 is 1.20 bits per heavy atom. The summed E-state index contributed by atoms with van der Waals surface area (Å²) in [6, 6.07) is 8.47. The van der Waals surface area contributed by atoms with E-state index < -0.39 is 0 Å². The number of rotatable bonds is 7. The summed E-state index contributed by atoms with van der Waals surface area (Å²) < 4.78 is 2.24. The van der Waals surface area contributed by atoms with E-state index in [1.165, 1.54) is 17.0 Å². The fourth-order valence-corrected chi connectivity index (χ4v) is 5.33. The van der Waals surface area contributed by atoms with Crippen molar-refractivity contribution in [1.29, 1.82) is 0 Å². The van der Waals surface area contributed by atoms with E-state index in [1.54, 1.807) is 11.3 Å². The molecule has 0 bridgehead atoms. The Hall–Kier alpha value is -2.29. The molecule has 4 rings (SSSR count). The lowest BCUT2D eigenvalue weighted by Crippen LogP contribution is -2.32. The van der Waals surface area contributed by atoms with Gasteiger partial charge >= 0.3 is 0 Å². The van der Waals surface area contributed by atoms with Crippen LogP contribution in [-0.2, 0) is 0 Å². The van der Waals surface area contributed by atoms with Crippen LogP contribution in [-0.4, -0.2) is 56.6 Å². The quantitative estimate of drug-likeness (QED) is 0.563. The topological polar surface area (TPSA) is 49.2 Å². The lowest BCUT2D eigenvalue weighted by Gasteiger charge is -2.28. The number of nitrogens with zero attached hydrogens (tertiary/aromatic N) is 5. The summed E-state index contributed by atoms with van der Waals surface area (Å²) in [5.74, 6) is 0. The molecule has 0 unspecified atom stereocenters. The van der Waals surface area contributed by atoms with Crippen molar-refractivity contribution in [3.63, 3.8) is 0 Å². The Morgan fingerprint density at radius 2 is 2.03 bits per heavy atom. The molecule has 158 valence electrons. The van der Waals surface area contributed by atoms with Gasteiger partial charge in [-0.3, -0.25) is 9.55 Å². The number of aromatic nitrogens is 3. The van der Waals surface area contributed by atoms with E-state index >= 15 is 0 Å². The molecule has 2 atom stereocenters. The van der Waals surface area contributed by atoms with E-state index in [9.17, 15) is 0 Å². The number of hydrogen-bond acceptors (Lipinski definition) is 5. The molecular formula is C22H28N6S2. The summed E-state index contributed by atoms with van der Waals surface area (Å²) in [7, 11) is 4.22. The predicted octanol–water partition coefficient (Wildman–Crippen LogP) is 3.87. The highest BCUT2D eigenvalue weighted by Gasteiger charge is 2.41. The molecule has 1 fully saturated rings. The first-order valence-electron chi connectivity index (χ1n) is 10.2. The molecule has 8 heteroatoms. The fourth-order valence-electron chi connectivity index (χ4n) is 4.25. The van der Waals surface area contributed by atoms with Crippen LogP contribution in [0, 0.1) is 13.8 Å². The second-order valence-corrected chi connectivity index (χ2v) is 9.21. The van der Waals surface area contributed by atoms with E-state index in [4.69, 9.17) is 12.2 Å². The maximum absolute atomic E-state index is 5.79. The molecule has 3 aromatic heterocycles. The molecule has 0 spiro atoms. The van der Waals surface area contributed by atoms with Gasteiger partial charge in [-0.05, 0) is 76.9 Å². The van der Waals surface area contributed by atoms with Crippen molar-refractivity contribution >= 4 is 28.7 Å². The van der Waals surface area contributed by atoms with Crippen molar-refractivity contribution in [1.82, 2.24) is 29.7 Å². The number of thiocarbonyl (C=S) groups is 1. The minimum Gasteiger partial charge on any atom is -0.352 e. The van der Waals surface area contributed by atoms with Gasteiger partial charge in [-0.15, -0.1) is 11.3 Å². The maximum atomic E-state index is 5.79. The smallest absolute Gasteiger partial charge is 0.193 e. The molecule has 1 aliphatic heterocycles. The van der Waals surface area contributed by atoms with Crippen LogP contribution in [0.2, 0.25) is 0 Å². The largest absolute Gasteiger partial charge is 0.352 e. The maximum Gasteiger partial charge on any atom is 0.193 e. The summed E-state index contributed by atoms with van der Waals surface area (Å²) in [6.07, 6.45) is 4.76. The van der Waals surface area contributed by atoms with Gasteiger partial charge in [0.05, 0.1) is 17.8 Å². The first kappa shape index (κ1) is 21.0. The van der Waals surface area contributed by atoms with Crippen molar-refractivity contribution in [3.05, 3.63) is 64.7 Å². The van der Waals surface area contributed by atoms with Crippen LogP contribution < -0.4 is 5.32 Å². The SMILES string of the molecule is Cc1cc([C@H]2[C@H](c3ccccn3)NC(=S)N2CCCN(C)C)c(C)n1-c1nccs1. The zero-order chi connectivity index (χ0) is 21.3. The Labute approximate surface area is 187 Å². The van der Waals surface area contributed by atoms with E-state index in [2.05, 4.69) is 69.7 Å². The lowest BCUT2D eigenvalue weighted by atomic mass is 9.96. The second-order valence-electron chi connectivity index (χ2n) is 7.95. The first-order chi connectivity index (χ1) is 14.5. The van der Waals surface area contributed by atoms with Gasteiger partial charge in [-0.2, -0.15) is 0 Å². The minimum absolute atomic E-state index is 0.0169. The number of pyridine rings is 1. The average molecular weight is 441 g/mol. The summed E-state index contributed by atoms with van der Waals surface area (Å²) in [4.78, 5) is 13.7. The fraction of sp³-hybridized carbons (Fsp3) is 0.409. The normalized spacial score (nSPS) is 19.0. The molecule has 30 heavy (non-hydrogen) atoms. The molecule has 0 amide bonds. The van der Waals surface area contributed by atoms with Crippen molar-refractivity contribution < 1.29 is 0 Å². The molecule has 4 heterocycles. The van der Waals surface area contributed by atoms with Crippen LogP contribution in [0.4, 0.5) is 0 Å². The van der Waals surface area contributed by atoms with Crippen LogP contribution in [0.5, 0.6) is 0 Å². The Kier molecular flexibility index (Phi) is 6.17. The third kappa shape index (κ3) is 3.99. The lowest BCUT2D eigenvalue weighted by molar-refractivity contribution is 0.292. The molecule has 1 aliphatic rings. The van der Waals surface area contributed by atoms with E-state index in [-0.39, 0.29) is 12.1 Å². The van der Waals surface area contributed by atoms with Gasteiger partial charge in [0.15, 0.2) is 10.2 Å². The molecule has 0 radical (unpaired) electrons. The Bertz CT molecular complexity index is 996. The van der Waals surface area contributed by atoms with E-state index in [0.29, 0.717) is 0 Å². The molecule has 0 aliphatic carbocycles. The van der Waals surface area contributed by atoms with E-state index in [0.717, 1.165) is 35.4 Å². The predicted molar refractivity (Wildman–Crippen MR) is 126 cm³/mol. The summed E-state index contributed by atoms with van der Waals surface area (Å²) >= 11 is 7.45. The van der Waals surface area contributed by atoms with Gasteiger partial charge in [-0.1, -0.05) is 6.07 Å². The molecule has 6 nitrogen and oxygen atoms in total. The van der Waals surface area contributed by atoms with Gasteiger partial charge in [0.25, 0.3) is 0 Å². The Balaban J connectivity index is 1.75. The minimum atomic E-state index is 0.0169. The first-order valence-corrected chi connectivity index (χ1v) is 11.5. The second kappa shape index (κ2) is 8.83. The van der Waals surface area contributed by atoms with Gasteiger partial charge in [0.1, 0.15) is 0 Å². The van der Waals surface area contributed by atoms with Crippen LogP contribution in [0.15, 0.2) is 42.0 Å². The van der Waals surface area contributed by atoms with Crippen molar-refractivity contribution in [2.45, 2.75) is 32.4 Å². The third-order valence-electron chi connectivity index (χ3n) is 5.60. The van der Waals surface area contributed by atoms with Crippen molar-refractivity contribution in [2.75, 3.05) is 27.2 Å². The van der Waals surface area contributed by atoms with Gasteiger partial charge in [-0.25, -0.2) is 4.98 Å². The summed E-state index contributed by atoms with van der Waals surface area (Å²) in [6.45, 7) is 6.25. The van der Waals surface area contributed by atoms with Crippen LogP contribution in [0.25, 0.3) is 5.13 Å². The zero-order valence-corrected chi connectivity index (χ0v) is 19.5. The van der Waals surface area contributed by atoms with Crippen molar-refractivity contribution in [3.8, 4) is 5.13 Å². The third-order valence-corrected chi connectivity index (χ3v) is 6.71. The summed E-state index contributed by atoms with van der Waals surface area (Å²) in [5.41, 5.74) is 4.68.